The van der Waals surface area contributed by atoms with Gasteiger partial charge in [0.15, 0.2) is 5.82 Å². The fourth-order valence-electron chi connectivity index (χ4n) is 2.91. The van der Waals surface area contributed by atoms with Crippen molar-refractivity contribution < 1.29 is 4.79 Å². The minimum absolute atomic E-state index is 0.0386. The number of H-pyrrole nitrogens is 1. The van der Waals surface area contributed by atoms with Crippen LogP contribution in [0.2, 0.25) is 0 Å². The molecular weight excluding hydrogens is 254 g/mol. The van der Waals surface area contributed by atoms with Gasteiger partial charge in [0.2, 0.25) is 5.91 Å². The summed E-state index contributed by atoms with van der Waals surface area (Å²) >= 11 is 0. The smallest absolute Gasteiger partial charge is 0.230 e. The molecule has 2 aromatic rings. The number of aryl methyl sites for hydroxylation is 1. The van der Waals surface area contributed by atoms with Crippen molar-refractivity contribution in [3.8, 4) is 0 Å². The number of nitrogens with one attached hydrogen (secondary N) is 2. The number of hydrogen-bond acceptors (Lipinski definition) is 3. The summed E-state index contributed by atoms with van der Waals surface area (Å²) in [6.45, 7) is 1.91. The summed E-state index contributed by atoms with van der Waals surface area (Å²) in [6.07, 6.45) is 7.85. The number of hydrogen-bond donors (Lipinski definition) is 2. The topological polar surface area (TPSA) is 75.6 Å². The first kappa shape index (κ1) is 12.9. The molecule has 0 aromatic carbocycles. The second-order valence-corrected chi connectivity index (χ2v) is 5.37. The highest BCUT2D eigenvalue weighted by molar-refractivity contribution is 5.92. The number of rotatable bonds is 3. The van der Waals surface area contributed by atoms with Gasteiger partial charge in [-0.25, -0.2) is 0 Å². The van der Waals surface area contributed by atoms with E-state index in [-0.39, 0.29) is 17.9 Å². The van der Waals surface area contributed by atoms with Crippen LogP contribution in [0.5, 0.6) is 0 Å². The normalized spacial score (nSPS) is 22.6. The highest BCUT2D eigenvalue weighted by atomic mass is 16.2. The zero-order valence-corrected chi connectivity index (χ0v) is 11.5. The fourth-order valence-corrected chi connectivity index (χ4v) is 2.91. The summed E-state index contributed by atoms with van der Waals surface area (Å²) in [5.41, 5.74) is 0.938. The minimum Gasteiger partial charge on any atom is -0.309 e. The van der Waals surface area contributed by atoms with Crippen LogP contribution in [-0.2, 0) is 4.79 Å². The molecule has 0 bridgehead atoms. The number of nitrogens with zero attached hydrogens (tertiary/aromatic N) is 3. The molecule has 20 heavy (non-hydrogen) atoms. The quantitative estimate of drug-likeness (QED) is 0.900. The average molecular weight is 273 g/mol. The van der Waals surface area contributed by atoms with Crippen molar-refractivity contribution in [1.82, 2.24) is 20.0 Å². The summed E-state index contributed by atoms with van der Waals surface area (Å²) in [6, 6.07) is 3.89. The van der Waals surface area contributed by atoms with E-state index in [1.807, 2.05) is 29.9 Å². The lowest BCUT2D eigenvalue weighted by Crippen LogP contribution is -2.33. The van der Waals surface area contributed by atoms with Crippen molar-refractivity contribution in [2.75, 3.05) is 5.32 Å². The highest BCUT2D eigenvalue weighted by Crippen LogP contribution is 2.34. The van der Waals surface area contributed by atoms with Gasteiger partial charge in [-0.2, -0.15) is 10.2 Å². The van der Waals surface area contributed by atoms with Crippen LogP contribution in [0.3, 0.4) is 0 Å². The van der Waals surface area contributed by atoms with E-state index in [9.17, 15) is 4.79 Å². The molecule has 2 unspecified atom stereocenters. The Kier molecular flexibility index (Phi) is 3.54. The van der Waals surface area contributed by atoms with Crippen LogP contribution in [0.15, 0.2) is 24.5 Å². The Bertz CT molecular complexity index is 574. The van der Waals surface area contributed by atoms with Crippen LogP contribution in [0.25, 0.3) is 0 Å². The van der Waals surface area contributed by atoms with Gasteiger partial charge in [-0.1, -0.05) is 12.8 Å². The largest absolute Gasteiger partial charge is 0.309 e. The summed E-state index contributed by atoms with van der Waals surface area (Å²) in [4.78, 5) is 12.5. The molecule has 2 heterocycles. The summed E-state index contributed by atoms with van der Waals surface area (Å²) in [7, 11) is 0. The SMILES string of the molecule is Cc1cc(NC(=O)C2CCCCC2n2cccn2)n[nH]1. The van der Waals surface area contributed by atoms with E-state index >= 15 is 0 Å². The summed E-state index contributed by atoms with van der Waals surface area (Å²) in [5.74, 6) is 0.592. The highest BCUT2D eigenvalue weighted by Gasteiger charge is 2.32. The van der Waals surface area contributed by atoms with Gasteiger partial charge in [-0.05, 0) is 25.8 Å². The van der Waals surface area contributed by atoms with Crippen LogP contribution in [0.1, 0.15) is 37.4 Å². The first-order valence-corrected chi connectivity index (χ1v) is 7.06. The number of amides is 1. The van der Waals surface area contributed by atoms with Gasteiger partial charge < -0.3 is 5.32 Å². The van der Waals surface area contributed by atoms with Crippen LogP contribution in [0, 0.1) is 12.8 Å². The van der Waals surface area contributed by atoms with Crippen LogP contribution in [-0.4, -0.2) is 25.9 Å². The van der Waals surface area contributed by atoms with Crippen molar-refractivity contribution in [3.05, 3.63) is 30.2 Å². The molecule has 106 valence electrons. The molecule has 0 saturated heterocycles. The number of carbonyl (C=O) groups excluding carboxylic acids is 1. The van der Waals surface area contributed by atoms with Gasteiger partial charge in [0.25, 0.3) is 0 Å². The number of aromatic amines is 1. The molecule has 1 saturated carbocycles. The Morgan fingerprint density at radius 1 is 1.45 bits per heavy atom. The minimum atomic E-state index is -0.0411. The Morgan fingerprint density at radius 2 is 2.30 bits per heavy atom. The van der Waals surface area contributed by atoms with E-state index in [1.54, 1.807) is 6.20 Å². The Morgan fingerprint density at radius 3 is 3.00 bits per heavy atom. The third-order valence-electron chi connectivity index (χ3n) is 3.89. The maximum Gasteiger partial charge on any atom is 0.230 e. The molecule has 1 amide bonds. The van der Waals surface area contributed by atoms with Crippen molar-refractivity contribution >= 4 is 11.7 Å². The molecule has 1 aliphatic carbocycles. The van der Waals surface area contributed by atoms with Gasteiger partial charge in [0.05, 0.1) is 12.0 Å². The molecule has 3 rings (SSSR count). The Balaban J connectivity index is 1.74. The van der Waals surface area contributed by atoms with Gasteiger partial charge in [-0.3, -0.25) is 14.6 Å². The van der Waals surface area contributed by atoms with Crippen molar-refractivity contribution in [3.63, 3.8) is 0 Å². The van der Waals surface area contributed by atoms with E-state index in [1.165, 1.54) is 0 Å². The predicted octanol–water partition coefficient (Wildman–Crippen LogP) is 2.28. The van der Waals surface area contributed by atoms with Crippen LogP contribution < -0.4 is 5.32 Å². The molecule has 1 fully saturated rings. The van der Waals surface area contributed by atoms with Gasteiger partial charge >= 0.3 is 0 Å². The molecule has 0 aliphatic heterocycles. The van der Waals surface area contributed by atoms with Crippen molar-refractivity contribution in [2.45, 2.75) is 38.6 Å². The molecule has 0 radical (unpaired) electrons. The lowest BCUT2D eigenvalue weighted by Gasteiger charge is -2.30. The van der Waals surface area contributed by atoms with Crippen LogP contribution >= 0.6 is 0 Å². The second kappa shape index (κ2) is 5.48. The summed E-state index contributed by atoms with van der Waals surface area (Å²) in [5, 5.41) is 14.1. The first-order valence-electron chi connectivity index (χ1n) is 7.06. The second-order valence-electron chi connectivity index (χ2n) is 5.37. The molecule has 6 heteroatoms. The standard InChI is InChI=1S/C14H19N5O/c1-10-9-13(18-17-10)16-14(20)11-5-2-3-6-12(11)19-8-4-7-15-19/h4,7-9,11-12H,2-3,5-6H2,1H3,(H2,16,17,18,20). The van der Waals surface area contributed by atoms with E-state index < -0.39 is 0 Å². The van der Waals surface area contributed by atoms with E-state index in [2.05, 4.69) is 20.6 Å². The van der Waals surface area contributed by atoms with E-state index in [4.69, 9.17) is 0 Å². The van der Waals surface area contributed by atoms with Crippen LogP contribution in [0.4, 0.5) is 5.82 Å². The molecule has 2 atom stereocenters. The van der Waals surface area contributed by atoms with Gasteiger partial charge in [-0.15, -0.1) is 0 Å². The van der Waals surface area contributed by atoms with E-state index in [0.29, 0.717) is 5.82 Å². The third-order valence-corrected chi connectivity index (χ3v) is 3.89. The summed E-state index contributed by atoms with van der Waals surface area (Å²) < 4.78 is 1.92. The molecule has 6 nitrogen and oxygen atoms in total. The first-order chi connectivity index (χ1) is 9.74. The molecule has 2 aromatic heterocycles. The monoisotopic (exact) mass is 273 g/mol. The van der Waals surface area contributed by atoms with Gasteiger partial charge in [0.1, 0.15) is 0 Å². The molecular formula is C14H19N5O. The Labute approximate surface area is 117 Å². The van der Waals surface area contributed by atoms with Crippen molar-refractivity contribution in [2.24, 2.45) is 5.92 Å². The average Bonchev–Trinajstić information content (AvgIpc) is 3.10. The molecule has 0 spiro atoms. The molecule has 1 aliphatic rings. The zero-order chi connectivity index (χ0) is 13.9. The Hall–Kier alpha value is -2.11. The maximum absolute atomic E-state index is 12.5. The maximum atomic E-state index is 12.5. The number of aromatic nitrogens is 4. The van der Waals surface area contributed by atoms with E-state index in [0.717, 1.165) is 31.4 Å². The predicted molar refractivity (Wildman–Crippen MR) is 75.2 cm³/mol. The third kappa shape index (κ3) is 2.59. The lowest BCUT2D eigenvalue weighted by atomic mass is 9.84. The fraction of sp³-hybridized carbons (Fsp3) is 0.500. The number of anilines is 1. The molecule has 2 N–H and O–H groups in total. The lowest BCUT2D eigenvalue weighted by molar-refractivity contribution is -0.122. The van der Waals surface area contributed by atoms with Crippen molar-refractivity contribution in [1.29, 1.82) is 0 Å². The number of carbonyl (C=O) groups is 1. The zero-order valence-electron chi connectivity index (χ0n) is 11.5. The van der Waals surface area contributed by atoms with Gasteiger partial charge in [0, 0.05) is 24.2 Å².